The molecule has 1 aliphatic heterocycles. The minimum Gasteiger partial charge on any atom is -0.341 e. The topological polar surface area (TPSA) is 53.9 Å². The van der Waals surface area contributed by atoms with E-state index in [-0.39, 0.29) is 5.28 Å². The molecule has 1 fully saturated rings. The van der Waals surface area contributed by atoms with Gasteiger partial charge in [0.15, 0.2) is 0 Å². The summed E-state index contributed by atoms with van der Waals surface area (Å²) in [6.07, 6.45) is 2.31. The summed E-state index contributed by atoms with van der Waals surface area (Å²) in [6, 6.07) is 5.82. The van der Waals surface area contributed by atoms with Crippen LogP contribution in [0.4, 0.5) is 17.6 Å². The number of hydrogen-bond donors (Lipinski definition) is 1. The van der Waals surface area contributed by atoms with Crippen LogP contribution >= 0.6 is 43.5 Å². The molecule has 0 radical (unpaired) electrons. The number of nitrogens with zero attached hydrogens (tertiary/aromatic N) is 4. The van der Waals surface area contributed by atoms with E-state index >= 15 is 0 Å². The second-order valence-electron chi connectivity index (χ2n) is 4.64. The Morgan fingerprint density at radius 1 is 1.05 bits per heavy atom. The van der Waals surface area contributed by atoms with Crippen LogP contribution in [0.1, 0.15) is 12.8 Å². The van der Waals surface area contributed by atoms with E-state index in [9.17, 15) is 0 Å². The molecule has 1 aromatic heterocycles. The smallest absolute Gasteiger partial charge is 0.233 e. The van der Waals surface area contributed by atoms with Gasteiger partial charge in [0, 0.05) is 22.0 Å². The van der Waals surface area contributed by atoms with Crippen molar-refractivity contribution in [2.24, 2.45) is 0 Å². The standard InChI is InChI=1S/C13H12Br2ClN5/c14-8-4-3-5-9(15)10(8)17-12-18-11(16)19-13(20-12)21-6-1-2-7-21/h3-5H,1-2,6-7H2,(H,17,18,19,20). The van der Waals surface area contributed by atoms with Gasteiger partial charge in [0.2, 0.25) is 17.2 Å². The fourth-order valence-electron chi connectivity index (χ4n) is 2.18. The molecule has 0 aliphatic carbocycles. The average Bonchev–Trinajstić information content (AvgIpc) is 2.97. The highest BCUT2D eigenvalue weighted by molar-refractivity contribution is 9.11. The lowest BCUT2D eigenvalue weighted by Gasteiger charge is -2.16. The Hall–Kier alpha value is -0.920. The van der Waals surface area contributed by atoms with E-state index < -0.39 is 0 Å². The first-order valence-electron chi connectivity index (χ1n) is 6.51. The zero-order chi connectivity index (χ0) is 14.8. The summed E-state index contributed by atoms with van der Waals surface area (Å²) in [7, 11) is 0. The Morgan fingerprint density at radius 2 is 1.71 bits per heavy atom. The summed E-state index contributed by atoms with van der Waals surface area (Å²) in [5.74, 6) is 1.06. The van der Waals surface area contributed by atoms with Crippen LogP contribution in [-0.2, 0) is 0 Å². The Morgan fingerprint density at radius 3 is 2.38 bits per heavy atom. The molecule has 1 saturated heterocycles. The third kappa shape index (κ3) is 3.46. The third-order valence-electron chi connectivity index (χ3n) is 3.18. The van der Waals surface area contributed by atoms with Crippen molar-refractivity contribution in [2.45, 2.75) is 12.8 Å². The molecular formula is C13H12Br2ClN5. The van der Waals surface area contributed by atoms with Crippen LogP contribution in [0.25, 0.3) is 0 Å². The fraction of sp³-hybridized carbons (Fsp3) is 0.308. The van der Waals surface area contributed by atoms with E-state index in [2.05, 4.69) is 57.0 Å². The summed E-state index contributed by atoms with van der Waals surface area (Å²) in [4.78, 5) is 14.9. The number of para-hydroxylation sites is 1. The van der Waals surface area contributed by atoms with Crippen molar-refractivity contribution in [3.05, 3.63) is 32.4 Å². The maximum atomic E-state index is 6.02. The average molecular weight is 434 g/mol. The number of rotatable bonds is 3. The Bertz CT molecular complexity index is 641. The Kier molecular flexibility index (Phi) is 4.61. The molecule has 0 unspecified atom stereocenters. The molecule has 1 aromatic carbocycles. The van der Waals surface area contributed by atoms with Gasteiger partial charge in [-0.25, -0.2) is 0 Å². The predicted molar refractivity (Wildman–Crippen MR) is 91.4 cm³/mol. The molecular weight excluding hydrogens is 421 g/mol. The van der Waals surface area contributed by atoms with Crippen molar-refractivity contribution >= 4 is 61.0 Å². The van der Waals surface area contributed by atoms with Crippen LogP contribution < -0.4 is 10.2 Å². The summed E-state index contributed by atoms with van der Waals surface area (Å²) in [5.41, 5.74) is 0.854. The normalized spacial score (nSPS) is 14.5. The highest BCUT2D eigenvalue weighted by atomic mass is 79.9. The lowest BCUT2D eigenvalue weighted by Crippen LogP contribution is -2.21. The largest absolute Gasteiger partial charge is 0.341 e. The molecule has 0 spiro atoms. The Labute approximate surface area is 144 Å². The number of hydrogen-bond acceptors (Lipinski definition) is 5. The SMILES string of the molecule is Clc1nc(Nc2c(Br)cccc2Br)nc(N2CCCC2)n1. The lowest BCUT2D eigenvalue weighted by atomic mass is 10.3. The summed E-state index contributed by atoms with van der Waals surface area (Å²) < 4.78 is 1.83. The van der Waals surface area contributed by atoms with Crippen LogP contribution in [0.3, 0.4) is 0 Å². The molecule has 0 amide bonds. The first-order valence-corrected chi connectivity index (χ1v) is 8.47. The number of anilines is 3. The minimum absolute atomic E-state index is 0.192. The van der Waals surface area contributed by atoms with Crippen LogP contribution in [0, 0.1) is 0 Å². The van der Waals surface area contributed by atoms with E-state index in [1.807, 2.05) is 18.2 Å². The fourth-order valence-corrected chi connectivity index (χ4v) is 3.54. The maximum absolute atomic E-state index is 6.02. The van der Waals surface area contributed by atoms with Gasteiger partial charge in [-0.1, -0.05) is 6.07 Å². The summed E-state index contributed by atoms with van der Waals surface area (Å²) in [5, 5.41) is 3.37. The molecule has 0 atom stereocenters. The zero-order valence-electron chi connectivity index (χ0n) is 11.0. The molecule has 5 nitrogen and oxygen atoms in total. The van der Waals surface area contributed by atoms with E-state index in [4.69, 9.17) is 11.6 Å². The summed E-state index contributed by atoms with van der Waals surface area (Å²) in [6.45, 7) is 1.91. The van der Waals surface area contributed by atoms with Crippen molar-refractivity contribution in [3.63, 3.8) is 0 Å². The van der Waals surface area contributed by atoms with Gasteiger partial charge in [-0.05, 0) is 68.4 Å². The molecule has 1 aliphatic rings. The number of benzene rings is 1. The quantitative estimate of drug-likeness (QED) is 0.778. The monoisotopic (exact) mass is 431 g/mol. The van der Waals surface area contributed by atoms with Gasteiger partial charge in [-0.2, -0.15) is 15.0 Å². The van der Waals surface area contributed by atoms with Gasteiger partial charge in [0.05, 0.1) is 5.69 Å². The molecule has 1 N–H and O–H groups in total. The van der Waals surface area contributed by atoms with Crippen molar-refractivity contribution in [3.8, 4) is 0 Å². The highest BCUT2D eigenvalue weighted by Gasteiger charge is 2.17. The molecule has 3 rings (SSSR count). The van der Waals surface area contributed by atoms with Gasteiger partial charge >= 0.3 is 0 Å². The van der Waals surface area contributed by atoms with Gasteiger partial charge in [0.1, 0.15) is 0 Å². The molecule has 8 heteroatoms. The second kappa shape index (κ2) is 6.46. The molecule has 21 heavy (non-hydrogen) atoms. The van der Waals surface area contributed by atoms with Gasteiger partial charge in [-0.3, -0.25) is 0 Å². The predicted octanol–water partition coefficient (Wildman–Crippen LogP) is 4.39. The second-order valence-corrected chi connectivity index (χ2v) is 6.69. The van der Waals surface area contributed by atoms with Crippen molar-refractivity contribution in [1.82, 2.24) is 15.0 Å². The van der Waals surface area contributed by atoms with Gasteiger partial charge < -0.3 is 10.2 Å². The van der Waals surface area contributed by atoms with Crippen LogP contribution in [0.5, 0.6) is 0 Å². The molecule has 0 bridgehead atoms. The van der Waals surface area contributed by atoms with Gasteiger partial charge in [0.25, 0.3) is 0 Å². The zero-order valence-corrected chi connectivity index (χ0v) is 14.9. The number of halogens is 3. The molecule has 110 valence electrons. The third-order valence-corrected chi connectivity index (χ3v) is 4.68. The van der Waals surface area contributed by atoms with Crippen LogP contribution in [0.2, 0.25) is 5.28 Å². The maximum Gasteiger partial charge on any atom is 0.233 e. The van der Waals surface area contributed by atoms with Crippen molar-refractivity contribution < 1.29 is 0 Å². The van der Waals surface area contributed by atoms with Gasteiger partial charge in [-0.15, -0.1) is 0 Å². The van der Waals surface area contributed by atoms with Crippen molar-refractivity contribution in [2.75, 3.05) is 23.3 Å². The van der Waals surface area contributed by atoms with Crippen LogP contribution in [0.15, 0.2) is 27.1 Å². The van der Waals surface area contributed by atoms with Crippen LogP contribution in [-0.4, -0.2) is 28.0 Å². The number of aromatic nitrogens is 3. The molecule has 0 saturated carbocycles. The highest BCUT2D eigenvalue weighted by Crippen LogP contribution is 2.32. The molecule has 2 heterocycles. The van der Waals surface area contributed by atoms with E-state index in [1.54, 1.807) is 0 Å². The minimum atomic E-state index is 0.192. The summed E-state index contributed by atoms with van der Waals surface area (Å²) >= 11 is 13.0. The first kappa shape index (κ1) is 15.0. The first-order chi connectivity index (χ1) is 10.1. The van der Waals surface area contributed by atoms with Crippen molar-refractivity contribution in [1.29, 1.82) is 0 Å². The molecule has 2 aromatic rings. The van der Waals surface area contributed by atoms with E-state index in [1.165, 1.54) is 0 Å². The Balaban J connectivity index is 1.91. The van der Waals surface area contributed by atoms with E-state index in [0.717, 1.165) is 40.6 Å². The van der Waals surface area contributed by atoms with E-state index in [0.29, 0.717) is 11.9 Å². The lowest BCUT2D eigenvalue weighted by molar-refractivity contribution is 0.883. The number of nitrogens with one attached hydrogen (secondary N) is 1.